The molecular weight excluding hydrogens is 518 g/mol. The fourth-order valence-electron chi connectivity index (χ4n) is 4.63. The molecule has 4 aromatic rings. The van der Waals surface area contributed by atoms with Crippen molar-refractivity contribution in [3.8, 4) is 17.1 Å². The second-order valence-corrected chi connectivity index (χ2v) is 9.02. The highest BCUT2D eigenvalue weighted by atomic mass is 19.4. The van der Waals surface area contributed by atoms with Crippen molar-refractivity contribution >= 4 is 28.5 Å². The quantitative estimate of drug-likeness (QED) is 0.370. The van der Waals surface area contributed by atoms with Crippen LogP contribution in [0.15, 0.2) is 66.7 Å². The number of nitrogens with two attached hydrogens (primary N) is 1. The van der Waals surface area contributed by atoms with Crippen LogP contribution in [0.2, 0.25) is 0 Å². The SMILES string of the molecule is NC(=O)Cn1c(-c2cccc(OC(F)(F)F)c2)nc2cc(C(=O)N3CCN(c4ccc(F)cc4)CC3)ccc21. The third kappa shape index (κ3) is 5.79. The van der Waals surface area contributed by atoms with Gasteiger partial charge in [0.05, 0.1) is 11.0 Å². The average molecular weight is 542 g/mol. The average Bonchev–Trinajstić information content (AvgIpc) is 3.25. The van der Waals surface area contributed by atoms with Gasteiger partial charge in [0.15, 0.2) is 0 Å². The molecule has 1 aliphatic heterocycles. The molecule has 2 N–H and O–H groups in total. The number of ether oxygens (including phenoxy) is 1. The second-order valence-electron chi connectivity index (χ2n) is 9.02. The molecule has 0 radical (unpaired) electrons. The van der Waals surface area contributed by atoms with E-state index >= 15 is 0 Å². The van der Waals surface area contributed by atoms with Gasteiger partial charge in [-0.3, -0.25) is 9.59 Å². The molecule has 1 saturated heterocycles. The number of hydrogen-bond donors (Lipinski definition) is 1. The molecule has 1 aliphatic rings. The number of anilines is 1. The molecule has 0 bridgehead atoms. The maximum absolute atomic E-state index is 13.3. The molecule has 0 unspecified atom stereocenters. The molecule has 12 heteroatoms. The number of hydrogen-bond acceptors (Lipinski definition) is 5. The number of carbonyl (C=O) groups is 2. The first-order chi connectivity index (χ1) is 18.6. The van der Waals surface area contributed by atoms with Crippen LogP contribution in [-0.2, 0) is 11.3 Å². The lowest BCUT2D eigenvalue weighted by Gasteiger charge is -2.36. The van der Waals surface area contributed by atoms with Crippen LogP contribution >= 0.6 is 0 Å². The zero-order valence-corrected chi connectivity index (χ0v) is 20.5. The summed E-state index contributed by atoms with van der Waals surface area (Å²) in [5, 5.41) is 0. The van der Waals surface area contributed by atoms with Crippen molar-refractivity contribution in [2.75, 3.05) is 31.1 Å². The number of halogens is 4. The fourth-order valence-corrected chi connectivity index (χ4v) is 4.63. The van der Waals surface area contributed by atoms with Gasteiger partial charge >= 0.3 is 6.36 Å². The van der Waals surface area contributed by atoms with Gasteiger partial charge in [-0.05, 0) is 54.6 Å². The number of fused-ring (bicyclic) bond motifs is 1. The van der Waals surface area contributed by atoms with Gasteiger partial charge in [-0.25, -0.2) is 9.37 Å². The first-order valence-electron chi connectivity index (χ1n) is 12.0. The van der Waals surface area contributed by atoms with Crippen LogP contribution in [0, 0.1) is 5.82 Å². The summed E-state index contributed by atoms with van der Waals surface area (Å²) < 4.78 is 56.9. The Balaban J connectivity index is 1.40. The number of amides is 2. The third-order valence-corrected chi connectivity index (χ3v) is 6.39. The standard InChI is InChI=1S/C27H23F4N5O3/c28-19-5-7-20(8-6-19)34-10-12-35(13-11-34)26(38)18-4-9-23-22(15-18)33-25(36(23)16-24(32)37)17-2-1-3-21(14-17)39-27(29,30)31/h1-9,14-15H,10-13,16H2,(H2,32,37). The summed E-state index contributed by atoms with van der Waals surface area (Å²) in [6.45, 7) is 1.80. The van der Waals surface area contributed by atoms with Crippen LogP contribution in [0.3, 0.4) is 0 Å². The molecule has 2 heterocycles. The van der Waals surface area contributed by atoms with Crippen LogP contribution in [0.1, 0.15) is 10.4 Å². The van der Waals surface area contributed by atoms with Gasteiger partial charge in [0, 0.05) is 43.0 Å². The van der Waals surface area contributed by atoms with Crippen molar-refractivity contribution in [3.63, 3.8) is 0 Å². The minimum atomic E-state index is -4.87. The fraction of sp³-hybridized carbons (Fsp3) is 0.222. The van der Waals surface area contributed by atoms with Gasteiger partial charge in [0.1, 0.15) is 23.9 Å². The van der Waals surface area contributed by atoms with E-state index in [1.807, 2.05) is 0 Å². The van der Waals surface area contributed by atoms with Crippen molar-refractivity contribution in [2.45, 2.75) is 12.9 Å². The van der Waals surface area contributed by atoms with E-state index in [1.54, 1.807) is 35.2 Å². The predicted octanol–water partition coefficient (Wildman–Crippen LogP) is 4.19. The molecule has 0 spiro atoms. The first-order valence-corrected chi connectivity index (χ1v) is 12.0. The van der Waals surface area contributed by atoms with E-state index in [0.717, 1.165) is 11.8 Å². The minimum absolute atomic E-state index is 0.203. The van der Waals surface area contributed by atoms with Crippen molar-refractivity contribution in [2.24, 2.45) is 5.73 Å². The largest absolute Gasteiger partial charge is 0.573 e. The van der Waals surface area contributed by atoms with Crippen molar-refractivity contribution < 1.29 is 31.9 Å². The Bertz CT molecular complexity index is 1530. The number of nitrogens with zero attached hydrogens (tertiary/aromatic N) is 4. The topological polar surface area (TPSA) is 93.7 Å². The van der Waals surface area contributed by atoms with E-state index in [2.05, 4.69) is 14.6 Å². The molecule has 0 saturated carbocycles. The van der Waals surface area contributed by atoms with E-state index in [1.165, 1.54) is 34.9 Å². The summed E-state index contributed by atoms with van der Waals surface area (Å²) in [5.74, 6) is -1.42. The Morgan fingerprint density at radius 2 is 1.67 bits per heavy atom. The monoisotopic (exact) mass is 541 g/mol. The maximum atomic E-state index is 13.3. The number of piperazine rings is 1. The minimum Gasteiger partial charge on any atom is -0.406 e. The van der Waals surface area contributed by atoms with E-state index in [9.17, 15) is 27.2 Å². The lowest BCUT2D eigenvalue weighted by Crippen LogP contribution is -2.48. The van der Waals surface area contributed by atoms with E-state index in [0.29, 0.717) is 42.8 Å². The maximum Gasteiger partial charge on any atom is 0.573 e. The molecule has 1 fully saturated rings. The van der Waals surface area contributed by atoms with E-state index < -0.39 is 18.0 Å². The highest BCUT2D eigenvalue weighted by molar-refractivity contribution is 5.98. The third-order valence-electron chi connectivity index (χ3n) is 6.39. The lowest BCUT2D eigenvalue weighted by atomic mass is 10.1. The number of benzene rings is 3. The Morgan fingerprint density at radius 3 is 2.33 bits per heavy atom. The summed E-state index contributed by atoms with van der Waals surface area (Å²) in [6.07, 6.45) is -4.87. The second kappa shape index (κ2) is 10.3. The Hall–Kier alpha value is -4.61. The summed E-state index contributed by atoms with van der Waals surface area (Å²) in [6, 6.07) is 16.3. The Morgan fingerprint density at radius 1 is 0.949 bits per heavy atom. The Kier molecular flexibility index (Phi) is 6.85. The molecule has 0 aliphatic carbocycles. The number of alkyl halides is 3. The summed E-state index contributed by atoms with van der Waals surface area (Å²) in [7, 11) is 0. The molecule has 3 aromatic carbocycles. The van der Waals surface area contributed by atoms with Gasteiger partial charge in [-0.15, -0.1) is 13.2 Å². The van der Waals surface area contributed by atoms with E-state index in [-0.39, 0.29) is 29.7 Å². The van der Waals surface area contributed by atoms with Crippen LogP contribution in [-0.4, -0.2) is 58.8 Å². The van der Waals surface area contributed by atoms with Crippen molar-refractivity contribution in [1.29, 1.82) is 0 Å². The molecule has 0 atom stereocenters. The van der Waals surface area contributed by atoms with Crippen molar-refractivity contribution in [1.82, 2.24) is 14.5 Å². The molecule has 202 valence electrons. The molecule has 5 rings (SSSR count). The number of carbonyl (C=O) groups excluding carboxylic acids is 2. The van der Waals surface area contributed by atoms with Gasteiger partial charge in [0.25, 0.3) is 5.91 Å². The van der Waals surface area contributed by atoms with Crippen LogP contribution in [0.4, 0.5) is 23.2 Å². The van der Waals surface area contributed by atoms with Crippen LogP contribution in [0.25, 0.3) is 22.4 Å². The number of imidazole rings is 1. The smallest absolute Gasteiger partial charge is 0.406 e. The molecule has 8 nitrogen and oxygen atoms in total. The molecule has 39 heavy (non-hydrogen) atoms. The lowest BCUT2D eigenvalue weighted by molar-refractivity contribution is -0.274. The first kappa shape index (κ1) is 26.0. The van der Waals surface area contributed by atoms with Gasteiger partial charge in [-0.1, -0.05) is 12.1 Å². The molecule has 1 aromatic heterocycles. The summed E-state index contributed by atoms with van der Waals surface area (Å²) >= 11 is 0. The zero-order chi connectivity index (χ0) is 27.7. The summed E-state index contributed by atoms with van der Waals surface area (Å²) in [5.41, 5.74) is 7.83. The highest BCUT2D eigenvalue weighted by Gasteiger charge is 2.31. The molecular formula is C27H23F4N5O3. The van der Waals surface area contributed by atoms with Gasteiger partial charge in [-0.2, -0.15) is 0 Å². The number of rotatable bonds is 6. The predicted molar refractivity (Wildman–Crippen MR) is 136 cm³/mol. The van der Waals surface area contributed by atoms with Crippen LogP contribution < -0.4 is 15.4 Å². The Labute approximate surface area is 220 Å². The van der Waals surface area contributed by atoms with Crippen molar-refractivity contribution in [3.05, 3.63) is 78.1 Å². The number of primary amides is 1. The van der Waals surface area contributed by atoms with E-state index in [4.69, 9.17) is 5.73 Å². The molecule has 2 amide bonds. The van der Waals surface area contributed by atoms with Gasteiger partial charge < -0.3 is 24.8 Å². The summed E-state index contributed by atoms with van der Waals surface area (Å²) in [4.78, 5) is 33.4. The highest BCUT2D eigenvalue weighted by Crippen LogP contribution is 2.30. The van der Waals surface area contributed by atoms with Gasteiger partial charge in [0.2, 0.25) is 5.91 Å². The zero-order valence-electron chi connectivity index (χ0n) is 20.5. The normalized spacial score (nSPS) is 14.1. The number of aromatic nitrogens is 2. The van der Waals surface area contributed by atoms with Crippen LogP contribution in [0.5, 0.6) is 5.75 Å².